The van der Waals surface area contributed by atoms with Crippen LogP contribution in [0.3, 0.4) is 0 Å². The standard InChI is InChI=1S/C23H22N2O4S/c1-17(2)29-20-6-3-7-22(15-20)30(27,28)21-11-9-19(10-12-21)25-23(26)13-8-18-5-4-14-24-16-18/h3-17H,1-2H3,(H,25,26). The number of amides is 1. The molecule has 1 heterocycles. The second-order valence-corrected chi connectivity index (χ2v) is 8.73. The maximum Gasteiger partial charge on any atom is 0.248 e. The van der Waals surface area contributed by atoms with Crippen LogP contribution in [-0.2, 0) is 14.6 Å². The highest BCUT2D eigenvalue weighted by atomic mass is 32.2. The molecule has 1 aromatic heterocycles. The van der Waals surface area contributed by atoms with Crippen LogP contribution in [0.25, 0.3) is 6.08 Å². The Labute approximate surface area is 176 Å². The van der Waals surface area contributed by atoms with Gasteiger partial charge in [-0.2, -0.15) is 0 Å². The molecule has 7 heteroatoms. The predicted molar refractivity (Wildman–Crippen MR) is 116 cm³/mol. The number of rotatable bonds is 7. The lowest BCUT2D eigenvalue weighted by Gasteiger charge is -2.11. The van der Waals surface area contributed by atoms with E-state index in [4.69, 9.17) is 4.74 Å². The van der Waals surface area contributed by atoms with Gasteiger partial charge in [-0.25, -0.2) is 8.42 Å². The summed E-state index contributed by atoms with van der Waals surface area (Å²) < 4.78 is 31.4. The van der Waals surface area contributed by atoms with Crippen molar-refractivity contribution >= 4 is 27.5 Å². The molecular weight excluding hydrogens is 400 g/mol. The van der Waals surface area contributed by atoms with Crippen LogP contribution in [0.15, 0.2) is 88.9 Å². The Hall–Kier alpha value is -3.45. The molecule has 3 rings (SSSR count). The number of aromatic nitrogens is 1. The van der Waals surface area contributed by atoms with Crippen LogP contribution >= 0.6 is 0 Å². The summed E-state index contributed by atoms with van der Waals surface area (Å²) in [6, 6.07) is 16.0. The number of hydrogen-bond acceptors (Lipinski definition) is 5. The average molecular weight is 423 g/mol. The minimum atomic E-state index is -3.70. The maximum absolute atomic E-state index is 12.9. The number of carbonyl (C=O) groups is 1. The summed E-state index contributed by atoms with van der Waals surface area (Å²) in [7, 11) is -3.70. The third-order valence-electron chi connectivity index (χ3n) is 4.03. The monoisotopic (exact) mass is 422 g/mol. The molecule has 0 unspecified atom stereocenters. The largest absolute Gasteiger partial charge is 0.491 e. The van der Waals surface area contributed by atoms with Crippen LogP contribution < -0.4 is 10.1 Å². The SMILES string of the molecule is CC(C)Oc1cccc(S(=O)(=O)c2ccc(NC(=O)C=Cc3cccnc3)cc2)c1. The summed E-state index contributed by atoms with van der Waals surface area (Å²) in [5.41, 5.74) is 1.30. The van der Waals surface area contributed by atoms with E-state index in [9.17, 15) is 13.2 Å². The quantitative estimate of drug-likeness (QED) is 0.572. The Kier molecular flexibility index (Phi) is 6.64. The molecule has 0 bridgehead atoms. The summed E-state index contributed by atoms with van der Waals surface area (Å²) in [5.74, 6) is 0.170. The first-order valence-corrected chi connectivity index (χ1v) is 10.8. The van der Waals surface area contributed by atoms with Gasteiger partial charge in [0.2, 0.25) is 15.7 Å². The Balaban J connectivity index is 1.71. The summed E-state index contributed by atoms with van der Waals surface area (Å²) in [5, 5.41) is 2.70. The Bertz CT molecular complexity index is 1140. The van der Waals surface area contributed by atoms with Crippen molar-refractivity contribution < 1.29 is 17.9 Å². The van der Waals surface area contributed by atoms with Crippen LogP contribution in [-0.4, -0.2) is 25.4 Å². The number of pyridine rings is 1. The number of sulfone groups is 1. The minimum Gasteiger partial charge on any atom is -0.491 e. The Morgan fingerprint density at radius 1 is 1.03 bits per heavy atom. The fraction of sp³-hybridized carbons (Fsp3) is 0.130. The first-order chi connectivity index (χ1) is 14.3. The summed E-state index contributed by atoms with van der Waals surface area (Å²) in [6.07, 6.45) is 6.28. The van der Waals surface area contributed by atoms with E-state index in [1.807, 2.05) is 19.9 Å². The van der Waals surface area contributed by atoms with E-state index in [0.29, 0.717) is 11.4 Å². The van der Waals surface area contributed by atoms with Crippen molar-refractivity contribution in [2.24, 2.45) is 0 Å². The van der Waals surface area contributed by atoms with Crippen LogP contribution in [0.2, 0.25) is 0 Å². The van der Waals surface area contributed by atoms with E-state index >= 15 is 0 Å². The van der Waals surface area contributed by atoms with Gasteiger partial charge in [0, 0.05) is 24.2 Å². The van der Waals surface area contributed by atoms with E-state index in [2.05, 4.69) is 10.3 Å². The van der Waals surface area contributed by atoms with Gasteiger partial charge in [-0.1, -0.05) is 12.1 Å². The van der Waals surface area contributed by atoms with Crippen molar-refractivity contribution in [2.75, 3.05) is 5.32 Å². The van der Waals surface area contributed by atoms with Crippen LogP contribution in [0, 0.1) is 0 Å². The zero-order valence-corrected chi connectivity index (χ0v) is 17.5. The van der Waals surface area contributed by atoms with E-state index < -0.39 is 9.84 Å². The fourth-order valence-electron chi connectivity index (χ4n) is 2.67. The number of nitrogens with zero attached hydrogens (tertiary/aromatic N) is 1. The van der Waals surface area contributed by atoms with E-state index in [0.717, 1.165) is 5.56 Å². The van der Waals surface area contributed by atoms with Gasteiger partial charge in [-0.05, 0) is 74.0 Å². The van der Waals surface area contributed by atoms with Gasteiger partial charge in [-0.15, -0.1) is 0 Å². The van der Waals surface area contributed by atoms with E-state index in [1.165, 1.54) is 30.3 Å². The lowest BCUT2D eigenvalue weighted by atomic mass is 10.2. The third-order valence-corrected chi connectivity index (χ3v) is 5.80. The van der Waals surface area contributed by atoms with Crippen molar-refractivity contribution in [3.63, 3.8) is 0 Å². The molecule has 0 aliphatic heterocycles. The number of ether oxygens (including phenoxy) is 1. The summed E-state index contributed by atoms with van der Waals surface area (Å²) in [6.45, 7) is 3.75. The minimum absolute atomic E-state index is 0.0574. The zero-order valence-electron chi connectivity index (χ0n) is 16.6. The van der Waals surface area contributed by atoms with Crippen molar-refractivity contribution in [2.45, 2.75) is 29.7 Å². The molecule has 0 saturated carbocycles. The molecule has 1 N–H and O–H groups in total. The van der Waals surface area contributed by atoms with Crippen LogP contribution in [0.4, 0.5) is 5.69 Å². The number of carbonyl (C=O) groups excluding carboxylic acids is 1. The number of benzene rings is 2. The lowest BCUT2D eigenvalue weighted by Crippen LogP contribution is -2.09. The Morgan fingerprint density at radius 2 is 1.80 bits per heavy atom. The van der Waals surface area contributed by atoms with E-state index in [1.54, 1.807) is 48.8 Å². The van der Waals surface area contributed by atoms with Gasteiger partial charge in [0.15, 0.2) is 0 Å². The van der Waals surface area contributed by atoms with E-state index in [-0.39, 0.29) is 21.8 Å². The normalized spacial score (nSPS) is 11.6. The molecule has 0 aliphatic rings. The number of anilines is 1. The number of nitrogens with one attached hydrogen (secondary N) is 1. The zero-order chi connectivity index (χ0) is 21.6. The number of hydrogen-bond donors (Lipinski definition) is 1. The van der Waals surface area contributed by atoms with Gasteiger partial charge in [0.05, 0.1) is 15.9 Å². The average Bonchev–Trinajstić information content (AvgIpc) is 2.73. The molecule has 2 aromatic carbocycles. The predicted octanol–water partition coefficient (Wildman–Crippen LogP) is 4.35. The summed E-state index contributed by atoms with van der Waals surface area (Å²) in [4.78, 5) is 16.3. The van der Waals surface area contributed by atoms with Crippen molar-refractivity contribution in [3.05, 3.63) is 84.7 Å². The molecule has 3 aromatic rings. The topological polar surface area (TPSA) is 85.4 Å². The molecule has 0 fully saturated rings. The highest BCUT2D eigenvalue weighted by Gasteiger charge is 2.18. The maximum atomic E-state index is 12.9. The first-order valence-electron chi connectivity index (χ1n) is 9.35. The van der Waals surface area contributed by atoms with Gasteiger partial charge < -0.3 is 10.1 Å². The molecular formula is C23H22N2O4S. The lowest BCUT2D eigenvalue weighted by molar-refractivity contribution is -0.111. The molecule has 6 nitrogen and oxygen atoms in total. The van der Waals surface area contributed by atoms with Crippen molar-refractivity contribution in [3.8, 4) is 5.75 Å². The molecule has 0 saturated heterocycles. The first kappa shape index (κ1) is 21.3. The highest BCUT2D eigenvalue weighted by molar-refractivity contribution is 7.91. The molecule has 0 atom stereocenters. The smallest absolute Gasteiger partial charge is 0.248 e. The molecule has 0 aliphatic carbocycles. The van der Waals surface area contributed by atoms with Crippen LogP contribution in [0.5, 0.6) is 5.75 Å². The second-order valence-electron chi connectivity index (χ2n) is 6.78. The van der Waals surface area contributed by atoms with Crippen molar-refractivity contribution in [1.82, 2.24) is 4.98 Å². The van der Waals surface area contributed by atoms with Crippen molar-refractivity contribution in [1.29, 1.82) is 0 Å². The molecule has 154 valence electrons. The van der Waals surface area contributed by atoms with Crippen LogP contribution in [0.1, 0.15) is 19.4 Å². The van der Waals surface area contributed by atoms with Gasteiger partial charge in [0.25, 0.3) is 0 Å². The molecule has 0 radical (unpaired) electrons. The second kappa shape index (κ2) is 9.37. The molecule has 1 amide bonds. The van der Waals surface area contributed by atoms with Gasteiger partial charge >= 0.3 is 0 Å². The Morgan fingerprint density at radius 3 is 2.47 bits per heavy atom. The van der Waals surface area contributed by atoms with Gasteiger partial charge in [0.1, 0.15) is 5.75 Å². The third kappa shape index (κ3) is 5.55. The summed E-state index contributed by atoms with van der Waals surface area (Å²) >= 11 is 0. The highest BCUT2D eigenvalue weighted by Crippen LogP contribution is 2.25. The fourth-order valence-corrected chi connectivity index (χ4v) is 3.97. The van der Waals surface area contributed by atoms with Gasteiger partial charge in [-0.3, -0.25) is 9.78 Å². The molecule has 0 spiro atoms. The molecule has 30 heavy (non-hydrogen) atoms.